The van der Waals surface area contributed by atoms with Crippen molar-refractivity contribution in [2.24, 2.45) is 0 Å². The summed E-state index contributed by atoms with van der Waals surface area (Å²) >= 11 is 3.29. The molecule has 0 aliphatic rings. The number of halogens is 1. The Labute approximate surface area is 171 Å². The number of methoxy groups -OCH3 is 1. The minimum atomic E-state index is -0.611. The number of carbonyl (C=O) groups excluding carboxylic acids is 1. The summed E-state index contributed by atoms with van der Waals surface area (Å²) in [5.74, 6) is 0.789. The Kier molecular flexibility index (Phi) is 7.57. The summed E-state index contributed by atoms with van der Waals surface area (Å²) in [5, 5.41) is 10.5. The highest BCUT2D eigenvalue weighted by molar-refractivity contribution is 9.10. The lowest BCUT2D eigenvalue weighted by atomic mass is 10.0. The van der Waals surface area contributed by atoms with Crippen LogP contribution in [0.4, 0.5) is 0 Å². The number of rotatable bonds is 8. The summed E-state index contributed by atoms with van der Waals surface area (Å²) < 4.78 is 16.4. The average Bonchev–Trinajstić information content (AvgIpc) is 2.66. The third-order valence-electron chi connectivity index (χ3n) is 3.76. The van der Waals surface area contributed by atoms with Gasteiger partial charge in [-0.1, -0.05) is 26.0 Å². The summed E-state index contributed by atoms with van der Waals surface area (Å²) in [4.78, 5) is 22.0. The van der Waals surface area contributed by atoms with Crippen molar-refractivity contribution in [2.75, 3.05) is 13.7 Å². The summed E-state index contributed by atoms with van der Waals surface area (Å²) in [7, 11) is 1.41. The van der Waals surface area contributed by atoms with Crippen LogP contribution in [0.1, 0.15) is 30.9 Å². The Balaban J connectivity index is 2.05. The Hall–Kier alpha value is -2.87. The smallest absolute Gasteiger partial charge is 0.349 e. The Morgan fingerprint density at radius 3 is 2.50 bits per heavy atom. The third kappa shape index (κ3) is 6.09. The van der Waals surface area contributed by atoms with E-state index in [1.807, 2.05) is 12.1 Å². The molecule has 0 amide bonds. The predicted octanol–water partition coefficient (Wildman–Crippen LogP) is 4.81. The van der Waals surface area contributed by atoms with Gasteiger partial charge in [-0.3, -0.25) is 10.1 Å². The minimum Gasteiger partial charge on any atom is -0.493 e. The molecule has 0 saturated carbocycles. The van der Waals surface area contributed by atoms with Crippen molar-refractivity contribution in [3.63, 3.8) is 0 Å². The number of nitrogens with zero attached hydrogens (tertiary/aromatic N) is 1. The van der Waals surface area contributed by atoms with Gasteiger partial charge in [0.1, 0.15) is 5.75 Å². The predicted molar refractivity (Wildman–Crippen MR) is 108 cm³/mol. The molecule has 0 unspecified atom stereocenters. The maximum atomic E-state index is 12.2. The Morgan fingerprint density at radius 1 is 1.25 bits per heavy atom. The summed E-state index contributed by atoms with van der Waals surface area (Å²) in [6.07, 6.45) is 2.12. The Bertz CT molecular complexity index is 877. The molecule has 7 nitrogen and oxygen atoms in total. The lowest BCUT2D eigenvalue weighted by Gasteiger charge is -2.13. The van der Waals surface area contributed by atoms with Crippen LogP contribution in [0.15, 0.2) is 47.1 Å². The zero-order chi connectivity index (χ0) is 20.7. The molecule has 0 bridgehead atoms. The fourth-order valence-corrected chi connectivity index (χ4v) is 2.86. The van der Waals surface area contributed by atoms with Gasteiger partial charge in [0.25, 0.3) is 0 Å². The number of ether oxygens (including phenoxy) is 3. The number of carbonyl (C=O) groups is 1. The topological polar surface area (TPSA) is 87.9 Å². The fraction of sp³-hybridized carbons (Fsp3) is 0.250. The van der Waals surface area contributed by atoms with E-state index >= 15 is 0 Å². The first-order valence-electron chi connectivity index (χ1n) is 8.42. The van der Waals surface area contributed by atoms with E-state index < -0.39 is 10.9 Å². The van der Waals surface area contributed by atoms with E-state index in [9.17, 15) is 14.9 Å². The van der Waals surface area contributed by atoms with Gasteiger partial charge < -0.3 is 14.2 Å². The first-order chi connectivity index (χ1) is 13.3. The van der Waals surface area contributed by atoms with Crippen molar-refractivity contribution in [3.8, 4) is 17.2 Å². The molecule has 0 heterocycles. The fourth-order valence-electron chi connectivity index (χ4n) is 2.32. The van der Waals surface area contributed by atoms with Crippen molar-refractivity contribution in [2.45, 2.75) is 19.8 Å². The zero-order valence-corrected chi connectivity index (χ0v) is 17.3. The largest absolute Gasteiger partial charge is 0.493 e. The van der Waals surface area contributed by atoms with Crippen LogP contribution < -0.4 is 14.2 Å². The van der Waals surface area contributed by atoms with Crippen molar-refractivity contribution < 1.29 is 23.9 Å². The lowest BCUT2D eigenvalue weighted by molar-refractivity contribution is -0.400. The van der Waals surface area contributed by atoms with Crippen LogP contribution in [-0.2, 0) is 4.79 Å². The highest BCUT2D eigenvalue weighted by Gasteiger charge is 2.16. The molecule has 0 aliphatic carbocycles. The molecule has 0 atom stereocenters. The van der Waals surface area contributed by atoms with Gasteiger partial charge in [0.05, 0.1) is 16.5 Å². The molecular weight excluding hydrogens is 430 g/mol. The zero-order valence-electron chi connectivity index (χ0n) is 15.7. The molecule has 0 N–H and O–H groups in total. The van der Waals surface area contributed by atoms with Crippen molar-refractivity contribution in [1.82, 2.24) is 0 Å². The normalized spacial score (nSPS) is 10.9. The van der Waals surface area contributed by atoms with Crippen LogP contribution in [-0.4, -0.2) is 24.6 Å². The van der Waals surface area contributed by atoms with Crippen LogP contribution in [0.2, 0.25) is 0 Å². The molecule has 0 saturated heterocycles. The van der Waals surface area contributed by atoms with Crippen LogP contribution in [0.5, 0.6) is 17.2 Å². The van der Waals surface area contributed by atoms with E-state index in [1.54, 1.807) is 18.2 Å². The van der Waals surface area contributed by atoms with Crippen LogP contribution in [0, 0.1) is 10.1 Å². The molecule has 0 radical (unpaired) electrons. The SMILES string of the molecule is COc1cc(/C=C/[N+](=O)[O-])cc(Br)c1OC(=O)COc1ccc(C(C)C)cc1. The van der Waals surface area contributed by atoms with E-state index in [-0.39, 0.29) is 18.1 Å². The van der Waals surface area contributed by atoms with Gasteiger partial charge in [0.15, 0.2) is 18.1 Å². The molecular formula is C20H20BrNO6. The number of hydrogen-bond donors (Lipinski definition) is 0. The van der Waals surface area contributed by atoms with Crippen LogP contribution in [0.25, 0.3) is 6.08 Å². The van der Waals surface area contributed by atoms with Crippen LogP contribution >= 0.6 is 15.9 Å². The second-order valence-electron chi connectivity index (χ2n) is 6.12. The molecule has 148 valence electrons. The van der Waals surface area contributed by atoms with E-state index in [0.717, 1.165) is 6.20 Å². The molecule has 0 spiro atoms. The van der Waals surface area contributed by atoms with Crippen molar-refractivity contribution in [1.29, 1.82) is 0 Å². The van der Waals surface area contributed by atoms with Crippen LogP contribution in [0.3, 0.4) is 0 Å². The molecule has 0 fully saturated rings. The van der Waals surface area contributed by atoms with E-state index in [1.165, 1.54) is 24.8 Å². The van der Waals surface area contributed by atoms with Crippen molar-refractivity contribution >= 4 is 28.0 Å². The maximum absolute atomic E-state index is 12.2. The number of esters is 1. The number of hydrogen-bond acceptors (Lipinski definition) is 6. The summed E-state index contributed by atoms with van der Waals surface area (Å²) in [5.41, 5.74) is 1.69. The molecule has 8 heteroatoms. The monoisotopic (exact) mass is 449 g/mol. The van der Waals surface area contributed by atoms with E-state index in [4.69, 9.17) is 14.2 Å². The lowest BCUT2D eigenvalue weighted by Crippen LogP contribution is -2.18. The maximum Gasteiger partial charge on any atom is 0.349 e. The van der Waals surface area contributed by atoms with Gasteiger partial charge in [0, 0.05) is 6.08 Å². The van der Waals surface area contributed by atoms with Crippen molar-refractivity contribution in [3.05, 3.63) is 68.3 Å². The Morgan fingerprint density at radius 2 is 1.93 bits per heavy atom. The second-order valence-corrected chi connectivity index (χ2v) is 6.98. The number of benzene rings is 2. The van der Waals surface area contributed by atoms with Gasteiger partial charge in [0.2, 0.25) is 6.20 Å². The second kappa shape index (κ2) is 9.89. The first kappa shape index (κ1) is 21.4. The summed E-state index contributed by atoms with van der Waals surface area (Å²) in [6, 6.07) is 10.6. The quantitative estimate of drug-likeness (QED) is 0.248. The third-order valence-corrected chi connectivity index (χ3v) is 4.35. The molecule has 0 aliphatic heterocycles. The standard InChI is InChI=1S/C20H20BrNO6/c1-13(2)15-4-6-16(7-5-15)27-12-19(23)28-20-17(21)10-14(8-9-22(24)25)11-18(20)26-3/h4-11,13H,12H2,1-3H3/b9-8+. The first-order valence-corrected chi connectivity index (χ1v) is 9.22. The molecule has 2 aromatic rings. The molecule has 2 aromatic carbocycles. The highest BCUT2D eigenvalue weighted by atomic mass is 79.9. The molecule has 28 heavy (non-hydrogen) atoms. The minimum absolute atomic E-state index is 0.171. The van der Waals surface area contributed by atoms with Gasteiger partial charge >= 0.3 is 5.97 Å². The average molecular weight is 450 g/mol. The molecule has 2 rings (SSSR count). The molecule has 0 aromatic heterocycles. The highest BCUT2D eigenvalue weighted by Crippen LogP contribution is 2.37. The number of nitro groups is 1. The summed E-state index contributed by atoms with van der Waals surface area (Å²) in [6.45, 7) is 3.91. The van der Waals surface area contributed by atoms with Gasteiger partial charge in [-0.2, -0.15) is 0 Å². The van der Waals surface area contributed by atoms with Gasteiger partial charge in [-0.25, -0.2) is 4.79 Å². The van der Waals surface area contributed by atoms with Gasteiger partial charge in [-0.05, 0) is 57.2 Å². The van der Waals surface area contributed by atoms with E-state index in [0.29, 0.717) is 21.7 Å². The van der Waals surface area contributed by atoms with Gasteiger partial charge in [-0.15, -0.1) is 0 Å². The van der Waals surface area contributed by atoms with E-state index in [2.05, 4.69) is 29.8 Å².